The Morgan fingerprint density at radius 2 is 2.00 bits per heavy atom. The molecule has 3 nitrogen and oxygen atoms in total. The molecule has 1 aromatic carbocycles. The van der Waals surface area contributed by atoms with Gasteiger partial charge in [0.1, 0.15) is 5.82 Å². The lowest BCUT2D eigenvalue weighted by Crippen LogP contribution is -2.41. The molecule has 0 saturated carbocycles. The topological polar surface area (TPSA) is 55.5 Å². The molecular weight excluding hydrogens is 221 g/mol. The van der Waals surface area contributed by atoms with Gasteiger partial charge >= 0.3 is 0 Å². The van der Waals surface area contributed by atoms with Crippen LogP contribution in [0.4, 0.5) is 4.39 Å². The summed E-state index contributed by atoms with van der Waals surface area (Å²) in [6, 6.07) is 6.10. The van der Waals surface area contributed by atoms with Gasteiger partial charge in [-0.15, -0.1) is 0 Å². The number of aliphatic hydroxyl groups excluding tert-OH is 1. The first-order valence-electron chi connectivity index (χ1n) is 5.68. The highest BCUT2D eigenvalue weighted by Gasteiger charge is 2.32. The number of nitrogens with two attached hydrogens (primary N) is 1. The molecule has 0 saturated heterocycles. The van der Waals surface area contributed by atoms with Gasteiger partial charge in [0, 0.05) is 19.1 Å². The summed E-state index contributed by atoms with van der Waals surface area (Å²) >= 11 is 0. The van der Waals surface area contributed by atoms with E-state index in [9.17, 15) is 9.50 Å². The normalized spacial score (nSPS) is 16.5. The second-order valence-electron chi connectivity index (χ2n) is 4.40. The van der Waals surface area contributed by atoms with Gasteiger partial charge in [0.15, 0.2) is 0 Å². The minimum Gasteiger partial charge on any atom is -0.395 e. The third-order valence-corrected chi connectivity index (χ3v) is 3.23. The third-order valence-electron chi connectivity index (χ3n) is 3.23. The van der Waals surface area contributed by atoms with Crippen LogP contribution in [-0.2, 0) is 10.2 Å². The largest absolute Gasteiger partial charge is 0.395 e. The van der Waals surface area contributed by atoms with E-state index in [1.165, 1.54) is 12.1 Å². The number of benzene rings is 1. The maximum absolute atomic E-state index is 12.9. The molecule has 1 rings (SSSR count). The Bertz CT molecular complexity index is 336. The summed E-state index contributed by atoms with van der Waals surface area (Å²) in [5.41, 5.74) is 6.06. The molecule has 0 amide bonds. The Hall–Kier alpha value is -0.970. The van der Waals surface area contributed by atoms with Crippen LogP contribution in [0.3, 0.4) is 0 Å². The number of hydrogen-bond donors (Lipinski definition) is 2. The van der Waals surface area contributed by atoms with Gasteiger partial charge in [-0.3, -0.25) is 0 Å². The van der Waals surface area contributed by atoms with Crippen molar-refractivity contribution in [2.45, 2.75) is 24.9 Å². The summed E-state index contributed by atoms with van der Waals surface area (Å²) < 4.78 is 18.1. The molecule has 0 aliphatic heterocycles. The van der Waals surface area contributed by atoms with Gasteiger partial charge in [-0.2, -0.15) is 0 Å². The van der Waals surface area contributed by atoms with E-state index in [1.54, 1.807) is 19.2 Å². The third kappa shape index (κ3) is 3.25. The summed E-state index contributed by atoms with van der Waals surface area (Å²) in [7, 11) is 1.62. The summed E-state index contributed by atoms with van der Waals surface area (Å²) in [6.07, 6.45) is 0.582. The number of aliphatic hydroxyl groups is 1. The van der Waals surface area contributed by atoms with Gasteiger partial charge in [0.2, 0.25) is 0 Å². The van der Waals surface area contributed by atoms with Gasteiger partial charge in [0.25, 0.3) is 0 Å². The fraction of sp³-hybridized carbons (Fsp3) is 0.538. The predicted octanol–water partition coefficient (Wildman–Crippen LogP) is 1.44. The minimum atomic E-state index is -0.566. The Kier molecular flexibility index (Phi) is 5.05. The molecule has 4 heteroatoms. The van der Waals surface area contributed by atoms with E-state index in [2.05, 4.69) is 0 Å². The molecule has 2 atom stereocenters. The van der Waals surface area contributed by atoms with E-state index in [-0.39, 0.29) is 18.5 Å². The van der Waals surface area contributed by atoms with Crippen LogP contribution < -0.4 is 5.73 Å². The Labute approximate surface area is 101 Å². The van der Waals surface area contributed by atoms with Crippen LogP contribution in [0.1, 0.15) is 18.9 Å². The van der Waals surface area contributed by atoms with E-state index in [4.69, 9.17) is 10.5 Å². The molecule has 0 aliphatic rings. The van der Waals surface area contributed by atoms with Crippen LogP contribution in [0.25, 0.3) is 0 Å². The van der Waals surface area contributed by atoms with Crippen LogP contribution in [-0.4, -0.2) is 31.5 Å². The zero-order valence-corrected chi connectivity index (χ0v) is 10.3. The molecule has 0 radical (unpaired) electrons. The molecule has 0 bridgehead atoms. The standard InChI is InChI=1S/C13H20FNO2/c1-10(17-2)7-13(8-15,9-16)11-3-5-12(14)6-4-11/h3-6,10,16H,7-9,15H2,1-2H3. The smallest absolute Gasteiger partial charge is 0.123 e. The number of ether oxygens (including phenoxy) is 1. The van der Waals surface area contributed by atoms with E-state index in [1.807, 2.05) is 6.92 Å². The fourth-order valence-corrected chi connectivity index (χ4v) is 1.98. The van der Waals surface area contributed by atoms with Gasteiger partial charge in [-0.1, -0.05) is 12.1 Å². The van der Waals surface area contributed by atoms with Crippen molar-refractivity contribution < 1.29 is 14.2 Å². The average molecular weight is 241 g/mol. The van der Waals surface area contributed by atoms with E-state index in [0.717, 1.165) is 5.56 Å². The highest BCUT2D eigenvalue weighted by molar-refractivity contribution is 5.27. The summed E-state index contributed by atoms with van der Waals surface area (Å²) in [5, 5.41) is 9.61. The van der Waals surface area contributed by atoms with Crippen molar-refractivity contribution in [2.24, 2.45) is 5.73 Å². The van der Waals surface area contributed by atoms with Crippen molar-refractivity contribution in [1.29, 1.82) is 0 Å². The van der Waals surface area contributed by atoms with Gasteiger partial charge in [0.05, 0.1) is 12.7 Å². The second-order valence-corrected chi connectivity index (χ2v) is 4.40. The van der Waals surface area contributed by atoms with Crippen LogP contribution in [0.5, 0.6) is 0 Å². The minimum absolute atomic E-state index is 0.0178. The molecule has 17 heavy (non-hydrogen) atoms. The quantitative estimate of drug-likeness (QED) is 0.792. The maximum Gasteiger partial charge on any atom is 0.123 e. The SMILES string of the molecule is COC(C)CC(CN)(CO)c1ccc(F)cc1. The summed E-state index contributed by atoms with van der Waals surface area (Å²) in [5.74, 6) is -0.294. The maximum atomic E-state index is 12.9. The van der Waals surface area contributed by atoms with Crippen LogP contribution in [0.2, 0.25) is 0 Å². The molecule has 0 spiro atoms. The fourth-order valence-electron chi connectivity index (χ4n) is 1.98. The number of rotatable bonds is 6. The van der Waals surface area contributed by atoms with Gasteiger partial charge in [-0.25, -0.2) is 4.39 Å². The lowest BCUT2D eigenvalue weighted by molar-refractivity contribution is 0.0689. The van der Waals surface area contributed by atoms with Gasteiger partial charge in [-0.05, 0) is 31.0 Å². The predicted molar refractivity (Wildman–Crippen MR) is 65.3 cm³/mol. The number of hydrogen-bond acceptors (Lipinski definition) is 3. The molecule has 3 N–H and O–H groups in total. The molecule has 0 aromatic heterocycles. The first-order valence-corrected chi connectivity index (χ1v) is 5.68. The summed E-state index contributed by atoms with van der Waals surface area (Å²) in [6.45, 7) is 2.13. The van der Waals surface area contributed by atoms with Crippen molar-refractivity contribution in [2.75, 3.05) is 20.3 Å². The first-order chi connectivity index (χ1) is 8.07. The molecule has 0 heterocycles. The lowest BCUT2D eigenvalue weighted by atomic mass is 9.77. The van der Waals surface area contributed by atoms with E-state index < -0.39 is 5.41 Å². The van der Waals surface area contributed by atoms with E-state index in [0.29, 0.717) is 13.0 Å². The molecule has 0 aliphatic carbocycles. The highest BCUT2D eigenvalue weighted by Crippen LogP contribution is 2.29. The van der Waals surface area contributed by atoms with Crippen molar-refractivity contribution in [1.82, 2.24) is 0 Å². The molecule has 96 valence electrons. The highest BCUT2D eigenvalue weighted by atomic mass is 19.1. The van der Waals surface area contributed by atoms with Crippen molar-refractivity contribution >= 4 is 0 Å². The van der Waals surface area contributed by atoms with Crippen LogP contribution >= 0.6 is 0 Å². The van der Waals surface area contributed by atoms with Crippen molar-refractivity contribution in [3.8, 4) is 0 Å². The Morgan fingerprint density at radius 3 is 2.41 bits per heavy atom. The van der Waals surface area contributed by atoms with Crippen LogP contribution in [0.15, 0.2) is 24.3 Å². The average Bonchev–Trinajstić information content (AvgIpc) is 2.37. The van der Waals surface area contributed by atoms with Crippen molar-refractivity contribution in [3.63, 3.8) is 0 Å². The number of methoxy groups -OCH3 is 1. The Balaban J connectivity index is 3.01. The molecular formula is C13H20FNO2. The van der Waals surface area contributed by atoms with Gasteiger partial charge < -0.3 is 15.6 Å². The lowest BCUT2D eigenvalue weighted by Gasteiger charge is -2.33. The number of halogens is 1. The first kappa shape index (κ1) is 14.1. The Morgan fingerprint density at radius 1 is 1.41 bits per heavy atom. The van der Waals surface area contributed by atoms with E-state index >= 15 is 0 Å². The molecule has 1 aromatic rings. The monoisotopic (exact) mass is 241 g/mol. The van der Waals surface area contributed by atoms with Crippen molar-refractivity contribution in [3.05, 3.63) is 35.6 Å². The molecule has 0 fully saturated rings. The molecule has 2 unspecified atom stereocenters. The summed E-state index contributed by atoms with van der Waals surface area (Å²) in [4.78, 5) is 0. The zero-order valence-electron chi connectivity index (χ0n) is 10.3. The second kappa shape index (κ2) is 6.10. The zero-order chi connectivity index (χ0) is 12.9. The van der Waals surface area contributed by atoms with Crippen LogP contribution in [0, 0.1) is 5.82 Å².